The van der Waals surface area contributed by atoms with E-state index >= 15 is 0 Å². The van der Waals surface area contributed by atoms with Crippen LogP contribution in [0.25, 0.3) is 0 Å². The summed E-state index contributed by atoms with van der Waals surface area (Å²) in [6.45, 7) is 3.56. The first-order chi connectivity index (χ1) is 14.7. The molecule has 164 valence electrons. The number of piperidine rings is 1. The third-order valence-corrected chi connectivity index (χ3v) is 7.40. The zero-order valence-corrected chi connectivity index (χ0v) is 17.8. The molecule has 9 heteroatoms. The first-order valence-corrected chi connectivity index (χ1v) is 10.8. The molecule has 2 saturated heterocycles. The molecule has 4 rings (SSSR count). The van der Waals surface area contributed by atoms with E-state index in [0.717, 1.165) is 10.9 Å². The van der Waals surface area contributed by atoms with Crippen molar-refractivity contribution >= 4 is 22.9 Å². The number of alkyl halides is 3. The predicted molar refractivity (Wildman–Crippen MR) is 111 cm³/mol. The van der Waals surface area contributed by atoms with Gasteiger partial charge in [-0.15, -0.1) is 11.3 Å². The average Bonchev–Trinajstić information content (AvgIpc) is 3.35. The number of thiophene rings is 1. The van der Waals surface area contributed by atoms with Crippen molar-refractivity contribution in [1.29, 1.82) is 5.26 Å². The predicted octanol–water partition coefficient (Wildman–Crippen LogP) is 3.91. The highest BCUT2D eigenvalue weighted by atomic mass is 32.1. The van der Waals surface area contributed by atoms with Crippen molar-refractivity contribution in [2.45, 2.75) is 19.5 Å². The minimum Gasteiger partial charge on any atom is -0.396 e. The van der Waals surface area contributed by atoms with Gasteiger partial charge in [0.25, 0.3) is 5.91 Å². The second kappa shape index (κ2) is 7.84. The Hall–Kier alpha value is -2.57. The number of amides is 1. The Labute approximate surface area is 182 Å². The third kappa shape index (κ3) is 3.90. The van der Waals surface area contributed by atoms with Gasteiger partial charge in [0.2, 0.25) is 0 Å². The zero-order chi connectivity index (χ0) is 22.4. The molecule has 0 bridgehead atoms. The number of rotatable bonds is 3. The normalized spacial score (nSPS) is 23.5. The number of hydrogen-bond donors (Lipinski definition) is 1. The number of aryl methyl sites for hydroxylation is 1. The van der Waals surface area contributed by atoms with Crippen LogP contribution < -0.4 is 4.90 Å². The number of anilines is 1. The fraction of sp³-hybridized carbons (Fsp3) is 0.455. The van der Waals surface area contributed by atoms with Gasteiger partial charge in [0, 0.05) is 42.2 Å². The number of carbonyl (C=O) groups excluding carboxylic acids is 1. The van der Waals surface area contributed by atoms with E-state index in [-0.39, 0.29) is 18.4 Å². The standard InChI is InChI=1S/C22H22F3N3O2S/c1-14-2-5-19(31-14)20(30)28-10-16-6-7-27(11-21(16,12-28)13-29)17-4-3-15(9-26)18(8-17)22(23,24)25/h2-5,8,16,29H,6-7,10-13H2,1H3/t16-,21+/m1/s1. The van der Waals surface area contributed by atoms with Crippen LogP contribution in [0.3, 0.4) is 0 Å². The molecule has 0 spiro atoms. The van der Waals surface area contributed by atoms with Gasteiger partial charge in [0.15, 0.2) is 0 Å². The molecule has 2 aromatic rings. The highest BCUT2D eigenvalue weighted by molar-refractivity contribution is 7.13. The molecule has 0 saturated carbocycles. The Balaban J connectivity index is 1.58. The monoisotopic (exact) mass is 449 g/mol. The van der Waals surface area contributed by atoms with Gasteiger partial charge in [-0.2, -0.15) is 18.4 Å². The van der Waals surface area contributed by atoms with E-state index in [1.807, 2.05) is 17.9 Å². The lowest BCUT2D eigenvalue weighted by atomic mass is 9.74. The zero-order valence-electron chi connectivity index (χ0n) is 16.9. The molecule has 0 aliphatic carbocycles. The lowest BCUT2D eigenvalue weighted by Gasteiger charge is -2.44. The van der Waals surface area contributed by atoms with Gasteiger partial charge in [0.05, 0.1) is 28.7 Å². The lowest BCUT2D eigenvalue weighted by Crippen LogP contribution is -2.51. The topological polar surface area (TPSA) is 67.6 Å². The average molecular weight is 449 g/mol. The number of halogens is 3. The van der Waals surface area contributed by atoms with E-state index in [1.54, 1.807) is 17.0 Å². The Bertz CT molecular complexity index is 1050. The maximum Gasteiger partial charge on any atom is 0.417 e. The molecule has 3 heterocycles. The van der Waals surface area contributed by atoms with Crippen molar-refractivity contribution in [3.8, 4) is 6.07 Å². The van der Waals surface area contributed by atoms with Crippen molar-refractivity contribution in [1.82, 2.24) is 4.90 Å². The van der Waals surface area contributed by atoms with Crippen LogP contribution in [0.1, 0.15) is 32.1 Å². The van der Waals surface area contributed by atoms with Gasteiger partial charge in [-0.25, -0.2) is 0 Å². The van der Waals surface area contributed by atoms with Crippen LogP contribution in [0.4, 0.5) is 18.9 Å². The van der Waals surface area contributed by atoms with Gasteiger partial charge in [0.1, 0.15) is 0 Å². The second-order valence-corrected chi connectivity index (χ2v) is 9.65. The SMILES string of the molecule is Cc1ccc(C(=O)N2C[C@H]3CCN(c4ccc(C#N)c(C(F)(F)F)c4)C[C@@]3(CO)C2)s1. The summed E-state index contributed by atoms with van der Waals surface area (Å²) in [7, 11) is 0. The summed E-state index contributed by atoms with van der Waals surface area (Å²) in [5.41, 5.74) is -1.58. The van der Waals surface area contributed by atoms with Gasteiger partial charge in [-0.3, -0.25) is 4.79 Å². The maximum absolute atomic E-state index is 13.4. The van der Waals surface area contributed by atoms with Crippen LogP contribution in [-0.2, 0) is 6.18 Å². The number of likely N-dealkylation sites (tertiary alicyclic amines) is 1. The van der Waals surface area contributed by atoms with E-state index in [1.165, 1.54) is 23.5 Å². The number of carbonyl (C=O) groups is 1. The van der Waals surface area contributed by atoms with Gasteiger partial charge in [-0.1, -0.05) is 0 Å². The summed E-state index contributed by atoms with van der Waals surface area (Å²) in [6, 6.07) is 9.02. The first kappa shape index (κ1) is 21.7. The molecule has 1 aromatic heterocycles. The van der Waals surface area contributed by atoms with E-state index in [0.29, 0.717) is 43.2 Å². The van der Waals surface area contributed by atoms with E-state index in [4.69, 9.17) is 5.26 Å². The number of fused-ring (bicyclic) bond motifs is 1. The largest absolute Gasteiger partial charge is 0.417 e. The molecule has 5 nitrogen and oxygen atoms in total. The number of nitrogens with zero attached hydrogens (tertiary/aromatic N) is 3. The highest BCUT2D eigenvalue weighted by Crippen LogP contribution is 2.44. The molecule has 2 aliphatic rings. The number of aliphatic hydroxyl groups is 1. The lowest BCUT2D eigenvalue weighted by molar-refractivity contribution is -0.137. The van der Waals surface area contributed by atoms with Crippen LogP contribution in [0.15, 0.2) is 30.3 Å². The third-order valence-electron chi connectivity index (χ3n) is 6.41. The van der Waals surface area contributed by atoms with Gasteiger partial charge in [-0.05, 0) is 49.6 Å². The summed E-state index contributed by atoms with van der Waals surface area (Å²) in [6.07, 6.45) is -3.96. The van der Waals surface area contributed by atoms with E-state index < -0.39 is 22.7 Å². The Kier molecular flexibility index (Phi) is 5.48. The molecule has 2 fully saturated rings. The van der Waals surface area contributed by atoms with Crippen molar-refractivity contribution < 1.29 is 23.1 Å². The minimum atomic E-state index is -4.62. The van der Waals surface area contributed by atoms with Crippen molar-refractivity contribution in [3.63, 3.8) is 0 Å². The molecule has 0 unspecified atom stereocenters. The second-order valence-electron chi connectivity index (χ2n) is 8.36. The number of hydrogen-bond acceptors (Lipinski definition) is 5. The first-order valence-electron chi connectivity index (χ1n) is 10.00. The number of nitriles is 1. The summed E-state index contributed by atoms with van der Waals surface area (Å²) in [5, 5.41) is 19.3. The fourth-order valence-corrected chi connectivity index (χ4v) is 5.59. The van der Waals surface area contributed by atoms with Crippen LogP contribution in [-0.4, -0.2) is 48.7 Å². The maximum atomic E-state index is 13.4. The summed E-state index contributed by atoms with van der Waals surface area (Å²) in [4.78, 5) is 18.2. The Morgan fingerprint density at radius 2 is 2.10 bits per heavy atom. The molecule has 2 atom stereocenters. The van der Waals surface area contributed by atoms with Gasteiger partial charge >= 0.3 is 6.18 Å². The molecule has 31 heavy (non-hydrogen) atoms. The summed E-state index contributed by atoms with van der Waals surface area (Å²) >= 11 is 1.43. The van der Waals surface area contributed by atoms with E-state index in [9.17, 15) is 23.1 Å². The Morgan fingerprint density at radius 3 is 2.71 bits per heavy atom. The highest BCUT2D eigenvalue weighted by Gasteiger charge is 2.51. The van der Waals surface area contributed by atoms with Crippen LogP contribution in [0.5, 0.6) is 0 Å². The summed E-state index contributed by atoms with van der Waals surface area (Å²) in [5.74, 6) is 0.0174. The van der Waals surface area contributed by atoms with Crippen LogP contribution in [0, 0.1) is 29.6 Å². The van der Waals surface area contributed by atoms with Crippen LogP contribution in [0.2, 0.25) is 0 Å². The Morgan fingerprint density at radius 1 is 1.32 bits per heavy atom. The molecule has 1 N–H and O–H groups in total. The molecule has 0 radical (unpaired) electrons. The van der Waals surface area contributed by atoms with Crippen LogP contribution >= 0.6 is 11.3 Å². The van der Waals surface area contributed by atoms with E-state index in [2.05, 4.69) is 0 Å². The minimum absolute atomic E-state index is 0.0652. The van der Waals surface area contributed by atoms with Crippen molar-refractivity contribution in [2.75, 3.05) is 37.7 Å². The number of benzene rings is 1. The smallest absolute Gasteiger partial charge is 0.396 e. The quantitative estimate of drug-likeness (QED) is 0.772. The van der Waals surface area contributed by atoms with Crippen molar-refractivity contribution in [3.05, 3.63) is 51.2 Å². The molecular weight excluding hydrogens is 427 g/mol. The fourth-order valence-electron chi connectivity index (χ4n) is 4.75. The van der Waals surface area contributed by atoms with Crippen molar-refractivity contribution in [2.24, 2.45) is 11.3 Å². The number of aliphatic hydroxyl groups excluding tert-OH is 1. The molecule has 2 aliphatic heterocycles. The van der Waals surface area contributed by atoms with Gasteiger partial charge < -0.3 is 14.9 Å². The molecular formula is C22H22F3N3O2S. The molecule has 1 aromatic carbocycles. The summed E-state index contributed by atoms with van der Waals surface area (Å²) < 4.78 is 40.2. The molecule has 1 amide bonds.